The summed E-state index contributed by atoms with van der Waals surface area (Å²) in [6, 6.07) is 7.70. The molecule has 0 bridgehead atoms. The van der Waals surface area contributed by atoms with E-state index in [1.54, 1.807) is 18.4 Å². The van der Waals surface area contributed by atoms with E-state index in [1.165, 1.54) is 4.88 Å². The highest BCUT2D eigenvalue weighted by molar-refractivity contribution is 9.10. The third-order valence-electron chi connectivity index (χ3n) is 2.86. The van der Waals surface area contributed by atoms with Crippen LogP contribution in [0.5, 0.6) is 5.75 Å². The van der Waals surface area contributed by atoms with E-state index < -0.39 is 6.10 Å². The van der Waals surface area contributed by atoms with Gasteiger partial charge < -0.3 is 9.84 Å². The maximum Gasteiger partial charge on any atom is 0.126 e. The van der Waals surface area contributed by atoms with Gasteiger partial charge in [0.2, 0.25) is 0 Å². The molecule has 1 aromatic carbocycles. The van der Waals surface area contributed by atoms with Crippen molar-refractivity contribution < 1.29 is 9.84 Å². The van der Waals surface area contributed by atoms with Gasteiger partial charge in [-0.1, -0.05) is 22.0 Å². The van der Waals surface area contributed by atoms with E-state index in [-0.39, 0.29) is 0 Å². The molecule has 2 nitrogen and oxygen atoms in total. The Labute approximate surface area is 119 Å². The predicted molar refractivity (Wildman–Crippen MR) is 78.5 cm³/mol. The van der Waals surface area contributed by atoms with Crippen LogP contribution in [-0.2, 0) is 0 Å². The van der Waals surface area contributed by atoms with E-state index in [2.05, 4.69) is 15.9 Å². The van der Waals surface area contributed by atoms with E-state index in [4.69, 9.17) is 4.74 Å². The summed E-state index contributed by atoms with van der Waals surface area (Å²) in [6.45, 7) is 4.08. The molecular weight excluding hydrogens is 312 g/mol. The van der Waals surface area contributed by atoms with Gasteiger partial charge in [-0.3, -0.25) is 0 Å². The van der Waals surface area contributed by atoms with Gasteiger partial charge in [-0.05, 0) is 37.6 Å². The molecule has 0 saturated carbocycles. The molecule has 18 heavy (non-hydrogen) atoms. The Morgan fingerprint density at radius 2 is 1.94 bits per heavy atom. The summed E-state index contributed by atoms with van der Waals surface area (Å²) in [5.74, 6) is 0.695. The van der Waals surface area contributed by atoms with Gasteiger partial charge in [0, 0.05) is 19.8 Å². The van der Waals surface area contributed by atoms with Crippen molar-refractivity contribution in [3.8, 4) is 5.75 Å². The average Bonchev–Trinajstić information content (AvgIpc) is 2.67. The number of ether oxygens (including phenoxy) is 1. The van der Waals surface area contributed by atoms with Gasteiger partial charge in [-0.25, -0.2) is 0 Å². The highest BCUT2D eigenvalue weighted by atomic mass is 79.9. The Kier molecular flexibility index (Phi) is 4.10. The Bertz CT molecular complexity index is 563. The van der Waals surface area contributed by atoms with Crippen molar-refractivity contribution in [2.24, 2.45) is 0 Å². The van der Waals surface area contributed by atoms with Crippen LogP contribution < -0.4 is 4.74 Å². The molecular formula is C14H15BrO2S. The number of methoxy groups -OCH3 is 1. The summed E-state index contributed by atoms with van der Waals surface area (Å²) >= 11 is 5.10. The zero-order chi connectivity index (χ0) is 13.3. The second-order valence-corrected chi connectivity index (χ2v) is 6.53. The van der Waals surface area contributed by atoms with Crippen molar-refractivity contribution in [2.75, 3.05) is 7.11 Å². The van der Waals surface area contributed by atoms with E-state index in [1.807, 2.05) is 38.1 Å². The van der Waals surface area contributed by atoms with E-state index in [0.29, 0.717) is 5.75 Å². The number of benzene rings is 1. The molecule has 96 valence electrons. The molecule has 1 unspecified atom stereocenters. The van der Waals surface area contributed by atoms with Gasteiger partial charge in [-0.2, -0.15) is 0 Å². The molecule has 0 spiro atoms. The first-order chi connectivity index (χ1) is 8.52. The molecule has 1 N–H and O–H groups in total. The monoisotopic (exact) mass is 326 g/mol. The minimum Gasteiger partial charge on any atom is -0.496 e. The summed E-state index contributed by atoms with van der Waals surface area (Å²) in [4.78, 5) is 2.35. The van der Waals surface area contributed by atoms with Crippen LogP contribution in [0.15, 0.2) is 28.7 Å². The summed E-state index contributed by atoms with van der Waals surface area (Å²) in [5, 5.41) is 10.5. The highest BCUT2D eigenvalue weighted by Gasteiger charge is 2.19. The molecule has 1 atom stereocenters. The van der Waals surface area contributed by atoms with Crippen molar-refractivity contribution in [2.45, 2.75) is 20.0 Å². The third-order valence-corrected chi connectivity index (χ3v) is 4.34. The fraction of sp³-hybridized carbons (Fsp3) is 0.286. The minimum absolute atomic E-state index is 0.641. The van der Waals surface area contributed by atoms with E-state index >= 15 is 0 Å². The van der Waals surface area contributed by atoms with Crippen LogP contribution in [0, 0.1) is 13.8 Å². The summed E-state index contributed by atoms with van der Waals surface area (Å²) < 4.78 is 6.27. The van der Waals surface area contributed by atoms with Gasteiger partial charge in [0.25, 0.3) is 0 Å². The van der Waals surface area contributed by atoms with Crippen molar-refractivity contribution in [3.05, 3.63) is 49.6 Å². The Balaban J connectivity index is 2.45. The topological polar surface area (TPSA) is 29.5 Å². The summed E-state index contributed by atoms with van der Waals surface area (Å²) in [5.41, 5.74) is 1.75. The lowest BCUT2D eigenvalue weighted by Gasteiger charge is -2.15. The molecule has 0 aliphatic heterocycles. The number of aliphatic hydroxyl groups is 1. The fourth-order valence-corrected chi connectivity index (χ4v) is 3.30. The predicted octanol–water partition coefficient (Wildman–Crippen LogP) is 4.22. The largest absolute Gasteiger partial charge is 0.496 e. The lowest BCUT2D eigenvalue weighted by Crippen LogP contribution is -2.02. The smallest absolute Gasteiger partial charge is 0.126 e. The normalized spacial score (nSPS) is 12.5. The summed E-state index contributed by atoms with van der Waals surface area (Å²) in [7, 11) is 1.61. The summed E-state index contributed by atoms with van der Waals surface area (Å²) in [6.07, 6.45) is -0.641. The van der Waals surface area contributed by atoms with Gasteiger partial charge >= 0.3 is 0 Å². The molecule has 0 radical (unpaired) electrons. The molecule has 0 aliphatic carbocycles. The molecule has 0 amide bonds. The Hall–Kier alpha value is -0.840. The highest BCUT2D eigenvalue weighted by Crippen LogP contribution is 2.35. The van der Waals surface area contributed by atoms with Crippen LogP contribution >= 0.6 is 27.3 Å². The first-order valence-corrected chi connectivity index (χ1v) is 7.22. The molecule has 1 heterocycles. The molecule has 0 fully saturated rings. The lowest BCUT2D eigenvalue weighted by atomic mass is 10.0. The minimum atomic E-state index is -0.641. The molecule has 4 heteroatoms. The number of rotatable bonds is 3. The fourth-order valence-electron chi connectivity index (χ4n) is 2.00. The molecule has 2 rings (SSSR count). The first-order valence-electron chi connectivity index (χ1n) is 5.61. The number of halogens is 1. The second kappa shape index (κ2) is 5.43. The van der Waals surface area contributed by atoms with Crippen molar-refractivity contribution in [1.29, 1.82) is 0 Å². The Morgan fingerprint density at radius 3 is 2.50 bits per heavy atom. The SMILES string of the molecule is COc1cc(Br)ccc1C(O)c1cc(C)sc1C. The Morgan fingerprint density at radius 1 is 1.22 bits per heavy atom. The third kappa shape index (κ3) is 2.60. The average molecular weight is 327 g/mol. The van der Waals surface area contributed by atoms with Crippen molar-refractivity contribution in [1.82, 2.24) is 0 Å². The van der Waals surface area contributed by atoms with Crippen LogP contribution in [0.2, 0.25) is 0 Å². The van der Waals surface area contributed by atoms with Crippen LogP contribution in [0.3, 0.4) is 0 Å². The molecule has 2 aromatic rings. The van der Waals surface area contributed by atoms with Gasteiger partial charge in [0.05, 0.1) is 7.11 Å². The van der Waals surface area contributed by atoms with Crippen LogP contribution in [0.1, 0.15) is 27.0 Å². The standard InChI is InChI=1S/C14H15BrO2S/c1-8-6-12(9(2)18-8)14(16)11-5-4-10(15)7-13(11)17-3/h4-7,14,16H,1-3H3. The van der Waals surface area contributed by atoms with Crippen LogP contribution in [-0.4, -0.2) is 12.2 Å². The van der Waals surface area contributed by atoms with Gasteiger partial charge in [0.1, 0.15) is 11.9 Å². The zero-order valence-electron chi connectivity index (χ0n) is 10.5. The van der Waals surface area contributed by atoms with Crippen molar-refractivity contribution in [3.63, 3.8) is 0 Å². The number of aliphatic hydroxyl groups excluding tert-OH is 1. The molecule has 1 aromatic heterocycles. The lowest BCUT2D eigenvalue weighted by molar-refractivity contribution is 0.214. The van der Waals surface area contributed by atoms with Crippen LogP contribution in [0.4, 0.5) is 0 Å². The maximum atomic E-state index is 10.5. The van der Waals surface area contributed by atoms with Gasteiger partial charge in [0.15, 0.2) is 0 Å². The number of aryl methyl sites for hydroxylation is 2. The van der Waals surface area contributed by atoms with Crippen LogP contribution in [0.25, 0.3) is 0 Å². The van der Waals surface area contributed by atoms with E-state index in [0.717, 1.165) is 20.5 Å². The van der Waals surface area contributed by atoms with Gasteiger partial charge in [-0.15, -0.1) is 11.3 Å². The number of hydrogen-bond donors (Lipinski definition) is 1. The quantitative estimate of drug-likeness (QED) is 0.915. The maximum absolute atomic E-state index is 10.5. The zero-order valence-corrected chi connectivity index (χ0v) is 12.9. The van der Waals surface area contributed by atoms with Crippen molar-refractivity contribution >= 4 is 27.3 Å². The number of hydrogen-bond acceptors (Lipinski definition) is 3. The van der Waals surface area contributed by atoms with E-state index in [9.17, 15) is 5.11 Å². The number of thiophene rings is 1. The molecule has 0 aliphatic rings. The first kappa shape index (κ1) is 13.6. The second-order valence-electron chi connectivity index (χ2n) is 4.16. The molecule has 0 saturated heterocycles.